The Labute approximate surface area is 138 Å². The van der Waals surface area contributed by atoms with Crippen molar-refractivity contribution in [2.45, 2.75) is 33.1 Å². The van der Waals surface area contributed by atoms with Crippen molar-refractivity contribution in [3.63, 3.8) is 0 Å². The van der Waals surface area contributed by atoms with Crippen LogP contribution in [0.5, 0.6) is 0 Å². The molecular weight excluding hydrogens is 290 g/mol. The van der Waals surface area contributed by atoms with Gasteiger partial charge in [-0.05, 0) is 51.4 Å². The highest BCUT2D eigenvalue weighted by atomic mass is 16.2. The zero-order chi connectivity index (χ0) is 17.0. The summed E-state index contributed by atoms with van der Waals surface area (Å²) in [4.78, 5) is 27.1. The molecule has 0 heterocycles. The second kappa shape index (κ2) is 7.13. The van der Waals surface area contributed by atoms with E-state index in [1.54, 1.807) is 0 Å². The Balaban J connectivity index is 2.04. The monoisotopic (exact) mass is 317 g/mol. The van der Waals surface area contributed by atoms with E-state index in [1.165, 1.54) is 0 Å². The van der Waals surface area contributed by atoms with Gasteiger partial charge >= 0.3 is 0 Å². The molecule has 2 rings (SSSR count). The first kappa shape index (κ1) is 17.5. The van der Waals surface area contributed by atoms with Crippen molar-refractivity contribution >= 4 is 17.5 Å². The molecule has 1 aromatic rings. The largest absolute Gasteiger partial charge is 0.354 e. The van der Waals surface area contributed by atoms with Crippen LogP contribution >= 0.6 is 0 Å². The first-order chi connectivity index (χ1) is 10.9. The van der Waals surface area contributed by atoms with E-state index in [-0.39, 0.29) is 11.8 Å². The fraction of sp³-hybridized carbons (Fsp3) is 0.556. The molecule has 0 aliphatic heterocycles. The van der Waals surface area contributed by atoms with Gasteiger partial charge in [-0.15, -0.1) is 0 Å². The summed E-state index contributed by atoms with van der Waals surface area (Å²) in [6.07, 6.45) is 2.10. The van der Waals surface area contributed by atoms with Crippen LogP contribution in [0.3, 0.4) is 0 Å². The van der Waals surface area contributed by atoms with Crippen LogP contribution in [-0.2, 0) is 16.0 Å². The van der Waals surface area contributed by atoms with E-state index in [4.69, 9.17) is 0 Å². The molecule has 2 N–H and O–H groups in total. The Bertz CT molecular complexity index is 592. The second-order valence-corrected chi connectivity index (χ2v) is 6.56. The summed E-state index contributed by atoms with van der Waals surface area (Å²) in [7, 11) is 3.91. The van der Waals surface area contributed by atoms with Gasteiger partial charge in [0, 0.05) is 18.8 Å². The first-order valence-electron chi connectivity index (χ1n) is 8.23. The highest BCUT2D eigenvalue weighted by molar-refractivity contribution is 6.13. The lowest BCUT2D eigenvalue weighted by Gasteiger charge is -2.19. The number of rotatable bonds is 7. The molecule has 0 radical (unpaired) electrons. The standard InChI is InChI=1S/C18H27N3O2/c1-5-14-8-6-7-13(2)15(14)20-17(23)18(9-10-18)16(22)19-11-12-21(3)4/h6-8H,5,9-12H2,1-4H3,(H,19,22)(H,20,23). The number of anilines is 1. The maximum Gasteiger partial charge on any atom is 0.240 e. The average Bonchev–Trinajstić information content (AvgIpc) is 3.30. The minimum Gasteiger partial charge on any atom is -0.354 e. The average molecular weight is 317 g/mol. The van der Waals surface area contributed by atoms with Crippen LogP contribution in [0.15, 0.2) is 18.2 Å². The molecule has 0 spiro atoms. The van der Waals surface area contributed by atoms with Crippen molar-refractivity contribution in [2.24, 2.45) is 5.41 Å². The third-order valence-corrected chi connectivity index (χ3v) is 4.44. The second-order valence-electron chi connectivity index (χ2n) is 6.56. The molecule has 0 bridgehead atoms. The zero-order valence-corrected chi connectivity index (χ0v) is 14.5. The summed E-state index contributed by atoms with van der Waals surface area (Å²) in [6.45, 7) is 5.36. The number of para-hydroxylation sites is 1. The van der Waals surface area contributed by atoms with E-state index in [0.717, 1.165) is 29.8 Å². The molecule has 0 unspecified atom stereocenters. The number of aryl methyl sites for hydroxylation is 2. The quantitative estimate of drug-likeness (QED) is 0.756. The minimum atomic E-state index is -0.875. The SMILES string of the molecule is CCc1cccc(C)c1NC(=O)C1(C(=O)NCCN(C)C)CC1. The summed E-state index contributed by atoms with van der Waals surface area (Å²) in [5.41, 5.74) is 2.11. The Morgan fingerprint density at radius 3 is 2.48 bits per heavy atom. The predicted molar refractivity (Wildman–Crippen MR) is 92.4 cm³/mol. The number of carbonyl (C=O) groups excluding carboxylic acids is 2. The van der Waals surface area contributed by atoms with E-state index >= 15 is 0 Å². The summed E-state index contributed by atoms with van der Waals surface area (Å²) in [5, 5.41) is 5.89. The van der Waals surface area contributed by atoms with Crippen LogP contribution in [0, 0.1) is 12.3 Å². The van der Waals surface area contributed by atoms with Gasteiger partial charge in [-0.3, -0.25) is 9.59 Å². The molecule has 1 aliphatic rings. The van der Waals surface area contributed by atoms with Gasteiger partial charge in [0.25, 0.3) is 0 Å². The molecule has 5 heteroatoms. The van der Waals surface area contributed by atoms with E-state index in [2.05, 4.69) is 17.6 Å². The van der Waals surface area contributed by atoms with Crippen molar-refractivity contribution in [2.75, 3.05) is 32.5 Å². The molecule has 1 aliphatic carbocycles. The molecule has 0 atom stereocenters. The van der Waals surface area contributed by atoms with Gasteiger partial charge in [0.2, 0.25) is 11.8 Å². The Morgan fingerprint density at radius 1 is 1.22 bits per heavy atom. The van der Waals surface area contributed by atoms with Gasteiger partial charge in [0.05, 0.1) is 0 Å². The van der Waals surface area contributed by atoms with Crippen LogP contribution in [0.25, 0.3) is 0 Å². The zero-order valence-electron chi connectivity index (χ0n) is 14.5. The smallest absolute Gasteiger partial charge is 0.240 e. The number of benzene rings is 1. The molecular formula is C18H27N3O2. The highest BCUT2D eigenvalue weighted by Gasteiger charge is 2.56. The third kappa shape index (κ3) is 3.91. The van der Waals surface area contributed by atoms with Crippen molar-refractivity contribution in [3.8, 4) is 0 Å². The van der Waals surface area contributed by atoms with Gasteiger partial charge < -0.3 is 15.5 Å². The molecule has 126 valence electrons. The van der Waals surface area contributed by atoms with Crippen LogP contribution < -0.4 is 10.6 Å². The fourth-order valence-electron chi connectivity index (χ4n) is 2.68. The maximum absolute atomic E-state index is 12.7. The van der Waals surface area contributed by atoms with Crippen molar-refractivity contribution in [1.82, 2.24) is 10.2 Å². The Morgan fingerprint density at radius 2 is 1.91 bits per heavy atom. The summed E-state index contributed by atoms with van der Waals surface area (Å²) >= 11 is 0. The Kier molecular flexibility index (Phi) is 5.42. The molecule has 1 aromatic carbocycles. The number of amides is 2. The van der Waals surface area contributed by atoms with Crippen molar-refractivity contribution in [1.29, 1.82) is 0 Å². The van der Waals surface area contributed by atoms with Gasteiger partial charge in [-0.25, -0.2) is 0 Å². The lowest BCUT2D eigenvalue weighted by atomic mass is 10.0. The van der Waals surface area contributed by atoms with E-state index in [0.29, 0.717) is 19.4 Å². The number of hydrogen-bond acceptors (Lipinski definition) is 3. The lowest BCUT2D eigenvalue weighted by Crippen LogP contribution is -2.42. The third-order valence-electron chi connectivity index (χ3n) is 4.44. The first-order valence-corrected chi connectivity index (χ1v) is 8.23. The minimum absolute atomic E-state index is 0.150. The maximum atomic E-state index is 12.7. The number of nitrogens with one attached hydrogen (secondary N) is 2. The molecule has 5 nitrogen and oxygen atoms in total. The molecule has 0 aromatic heterocycles. The highest BCUT2D eigenvalue weighted by Crippen LogP contribution is 2.47. The normalized spacial score (nSPS) is 15.3. The fourth-order valence-corrected chi connectivity index (χ4v) is 2.68. The summed E-state index contributed by atoms with van der Waals surface area (Å²) < 4.78 is 0. The van der Waals surface area contributed by atoms with E-state index in [1.807, 2.05) is 44.1 Å². The topological polar surface area (TPSA) is 61.4 Å². The number of likely N-dealkylation sites (N-methyl/N-ethyl adjacent to an activating group) is 1. The van der Waals surface area contributed by atoms with E-state index < -0.39 is 5.41 Å². The predicted octanol–water partition coefficient (Wildman–Crippen LogP) is 1.95. The van der Waals surface area contributed by atoms with Gasteiger partial charge in [0.1, 0.15) is 5.41 Å². The van der Waals surface area contributed by atoms with Crippen LogP contribution in [0.2, 0.25) is 0 Å². The van der Waals surface area contributed by atoms with E-state index in [9.17, 15) is 9.59 Å². The molecule has 0 saturated heterocycles. The van der Waals surface area contributed by atoms with Crippen LogP contribution in [0.1, 0.15) is 30.9 Å². The molecule has 23 heavy (non-hydrogen) atoms. The van der Waals surface area contributed by atoms with Crippen LogP contribution in [-0.4, -0.2) is 43.9 Å². The number of carbonyl (C=O) groups is 2. The Hall–Kier alpha value is -1.88. The van der Waals surface area contributed by atoms with Crippen molar-refractivity contribution < 1.29 is 9.59 Å². The number of nitrogens with zero attached hydrogens (tertiary/aromatic N) is 1. The number of hydrogen-bond donors (Lipinski definition) is 2. The van der Waals surface area contributed by atoms with Crippen molar-refractivity contribution in [3.05, 3.63) is 29.3 Å². The van der Waals surface area contributed by atoms with Gasteiger partial charge in [-0.1, -0.05) is 25.1 Å². The summed E-state index contributed by atoms with van der Waals surface area (Å²) in [6, 6.07) is 5.98. The molecule has 1 fully saturated rings. The summed E-state index contributed by atoms with van der Waals surface area (Å²) in [5.74, 6) is -0.327. The molecule has 1 saturated carbocycles. The van der Waals surface area contributed by atoms with Gasteiger partial charge in [0.15, 0.2) is 0 Å². The van der Waals surface area contributed by atoms with Gasteiger partial charge in [-0.2, -0.15) is 0 Å². The molecule has 2 amide bonds. The lowest BCUT2D eigenvalue weighted by molar-refractivity contribution is -0.134. The van der Waals surface area contributed by atoms with Crippen LogP contribution in [0.4, 0.5) is 5.69 Å².